The first kappa shape index (κ1) is 23.8. The maximum Gasteiger partial charge on any atom is 0.298 e. The molecule has 5 rings (SSSR count). The third-order valence-corrected chi connectivity index (χ3v) is 7.87. The first-order valence-electron chi connectivity index (χ1n) is 12.0. The molecule has 1 aromatic heterocycles. The van der Waals surface area contributed by atoms with E-state index in [4.69, 9.17) is 11.6 Å². The van der Waals surface area contributed by atoms with Gasteiger partial charge in [0.15, 0.2) is 0 Å². The Balaban J connectivity index is 1.26. The van der Waals surface area contributed by atoms with Crippen molar-refractivity contribution in [2.75, 3.05) is 18.4 Å². The van der Waals surface area contributed by atoms with Gasteiger partial charge in [0.05, 0.1) is 17.0 Å². The number of hydrogen-bond donors (Lipinski definition) is 2. The fourth-order valence-corrected chi connectivity index (χ4v) is 6.13. The molecular formula is C26H28ClFN4O3. The fraction of sp³-hybridized carbons (Fsp3) is 0.500. The number of anilines is 1. The van der Waals surface area contributed by atoms with Gasteiger partial charge in [-0.2, -0.15) is 0 Å². The lowest BCUT2D eigenvalue weighted by atomic mass is 9.92. The van der Waals surface area contributed by atoms with Gasteiger partial charge in [-0.15, -0.1) is 0 Å². The van der Waals surface area contributed by atoms with Crippen LogP contribution < -0.4 is 5.32 Å². The van der Waals surface area contributed by atoms with Gasteiger partial charge in [0.2, 0.25) is 0 Å². The number of carbonyl (C=O) groups excluding carboxylic acids is 2. The molecule has 0 radical (unpaired) electrons. The van der Waals surface area contributed by atoms with Gasteiger partial charge >= 0.3 is 0 Å². The monoisotopic (exact) mass is 498 g/mol. The molecule has 184 valence electrons. The highest BCUT2D eigenvalue weighted by Crippen LogP contribution is 2.53. The highest BCUT2D eigenvalue weighted by atomic mass is 35.5. The van der Waals surface area contributed by atoms with Crippen molar-refractivity contribution in [1.82, 2.24) is 14.5 Å². The number of nitrogens with one attached hydrogen (secondary N) is 1. The lowest BCUT2D eigenvalue weighted by Crippen LogP contribution is -2.28. The zero-order chi connectivity index (χ0) is 24.7. The molecule has 35 heavy (non-hydrogen) atoms. The number of aromatic nitrogens is 2. The lowest BCUT2D eigenvalue weighted by molar-refractivity contribution is -0.124. The Hall–Kier alpha value is -2.89. The molecule has 0 bridgehead atoms. The average Bonchev–Trinajstić information content (AvgIpc) is 3.58. The maximum atomic E-state index is 13.5. The molecule has 1 aromatic carbocycles. The number of hydrogen-bond acceptors (Lipinski definition) is 4. The van der Waals surface area contributed by atoms with E-state index in [9.17, 15) is 19.1 Å². The number of aliphatic hydroxyl groups is 1. The molecule has 2 heterocycles. The van der Waals surface area contributed by atoms with Crippen molar-refractivity contribution in [3.8, 4) is 11.8 Å². The van der Waals surface area contributed by atoms with Gasteiger partial charge in [-0.3, -0.25) is 9.59 Å². The smallest absolute Gasteiger partial charge is 0.298 e. The van der Waals surface area contributed by atoms with Crippen LogP contribution in [-0.4, -0.2) is 50.1 Å². The van der Waals surface area contributed by atoms with Crippen LogP contribution in [0.2, 0.25) is 5.02 Å². The van der Waals surface area contributed by atoms with E-state index in [2.05, 4.69) is 22.1 Å². The van der Waals surface area contributed by atoms with Crippen molar-refractivity contribution in [3.63, 3.8) is 0 Å². The number of imidazole rings is 1. The Morgan fingerprint density at radius 3 is 2.57 bits per heavy atom. The quantitative estimate of drug-likeness (QED) is 0.631. The predicted octanol–water partition coefficient (Wildman–Crippen LogP) is 3.73. The second kappa shape index (κ2) is 9.29. The van der Waals surface area contributed by atoms with Crippen molar-refractivity contribution in [1.29, 1.82) is 0 Å². The molecule has 2 unspecified atom stereocenters. The number of halogens is 2. The first-order valence-corrected chi connectivity index (χ1v) is 12.4. The summed E-state index contributed by atoms with van der Waals surface area (Å²) in [6, 6.07) is 4.05. The molecule has 3 aliphatic rings. The molecule has 0 spiro atoms. The molecule has 1 aliphatic heterocycles. The summed E-state index contributed by atoms with van der Waals surface area (Å²) in [5.41, 5.74) is 0.457. The van der Waals surface area contributed by atoms with Crippen molar-refractivity contribution in [3.05, 3.63) is 46.8 Å². The van der Waals surface area contributed by atoms with Gasteiger partial charge in [-0.1, -0.05) is 17.5 Å². The second-order valence-corrected chi connectivity index (χ2v) is 10.5. The highest BCUT2D eigenvalue weighted by Gasteiger charge is 2.49. The largest absolute Gasteiger partial charge is 0.378 e. The Morgan fingerprint density at radius 2 is 1.91 bits per heavy atom. The minimum absolute atomic E-state index is 0.0608. The Morgan fingerprint density at radius 1 is 1.23 bits per heavy atom. The number of benzene rings is 1. The van der Waals surface area contributed by atoms with Crippen LogP contribution in [0.5, 0.6) is 0 Å². The molecule has 2 atom stereocenters. The van der Waals surface area contributed by atoms with Crippen LogP contribution in [0.4, 0.5) is 10.1 Å². The van der Waals surface area contributed by atoms with E-state index in [-0.39, 0.29) is 34.6 Å². The van der Waals surface area contributed by atoms with Crippen LogP contribution in [0.15, 0.2) is 24.5 Å². The summed E-state index contributed by atoms with van der Waals surface area (Å²) in [5.74, 6) is 5.10. The predicted molar refractivity (Wildman–Crippen MR) is 129 cm³/mol. The number of aryl methyl sites for hydroxylation is 1. The fourth-order valence-electron chi connectivity index (χ4n) is 5.95. The van der Waals surface area contributed by atoms with E-state index in [1.54, 1.807) is 22.8 Å². The molecule has 1 saturated heterocycles. The number of likely N-dealkylation sites (tertiary alicyclic amines) is 1. The van der Waals surface area contributed by atoms with E-state index in [1.165, 1.54) is 18.2 Å². The van der Waals surface area contributed by atoms with Gasteiger partial charge in [-0.25, -0.2) is 9.37 Å². The Labute approximate surface area is 208 Å². The normalized spacial score (nSPS) is 27.4. The zero-order valence-electron chi connectivity index (χ0n) is 19.6. The number of carbonyl (C=O) groups is 2. The third kappa shape index (κ3) is 4.80. The lowest BCUT2D eigenvalue weighted by Gasteiger charge is -2.19. The summed E-state index contributed by atoms with van der Waals surface area (Å²) < 4.78 is 15.2. The van der Waals surface area contributed by atoms with Crippen LogP contribution in [0, 0.1) is 29.5 Å². The van der Waals surface area contributed by atoms with Crippen molar-refractivity contribution >= 4 is 29.1 Å². The number of fused-ring (bicyclic) bond motifs is 1. The van der Waals surface area contributed by atoms with E-state index in [1.807, 2.05) is 0 Å². The first-order chi connectivity index (χ1) is 16.7. The summed E-state index contributed by atoms with van der Waals surface area (Å²) in [6.07, 6.45) is 6.29. The van der Waals surface area contributed by atoms with Crippen LogP contribution in [0.25, 0.3) is 0 Å². The average molecular weight is 499 g/mol. The molecule has 2 saturated carbocycles. The Bertz CT molecular complexity index is 1210. The standard InChI is InChI=1S/C26H28ClFN4O3/c1-31-15-29-23(24(31)25(34)30-19-4-5-21(28)20(27)12-19)16-10-17-13-26(35,14-18(17)11-16)7-6-22(33)32-8-2-3-9-32/h4-5,12,15-18,35H,2-3,8-11,13-14H2,1H3,(H,30,34). The summed E-state index contributed by atoms with van der Waals surface area (Å²) >= 11 is 5.84. The number of rotatable bonds is 3. The van der Waals surface area contributed by atoms with Crippen molar-refractivity contribution in [2.24, 2.45) is 18.9 Å². The summed E-state index contributed by atoms with van der Waals surface area (Å²) in [4.78, 5) is 31.6. The van der Waals surface area contributed by atoms with Gasteiger partial charge in [0, 0.05) is 31.7 Å². The topological polar surface area (TPSA) is 87.5 Å². The van der Waals surface area contributed by atoms with E-state index < -0.39 is 11.4 Å². The molecule has 2 aromatic rings. The molecule has 9 heteroatoms. The van der Waals surface area contributed by atoms with E-state index >= 15 is 0 Å². The van der Waals surface area contributed by atoms with Gasteiger partial charge in [-0.05, 0) is 74.5 Å². The number of amides is 2. The molecular weight excluding hydrogens is 471 g/mol. The molecule has 2 aliphatic carbocycles. The molecule has 2 amide bonds. The van der Waals surface area contributed by atoms with Gasteiger partial charge in [0.25, 0.3) is 11.8 Å². The molecule has 3 fully saturated rings. The second-order valence-electron chi connectivity index (χ2n) is 10.0. The van der Waals surface area contributed by atoms with Gasteiger partial charge in [0.1, 0.15) is 17.1 Å². The highest BCUT2D eigenvalue weighted by molar-refractivity contribution is 6.31. The Kier molecular flexibility index (Phi) is 6.32. The minimum Gasteiger partial charge on any atom is -0.378 e. The summed E-state index contributed by atoms with van der Waals surface area (Å²) in [7, 11) is 1.77. The summed E-state index contributed by atoms with van der Waals surface area (Å²) in [5, 5.41) is 13.8. The van der Waals surface area contributed by atoms with E-state index in [0.717, 1.165) is 44.5 Å². The van der Waals surface area contributed by atoms with Crippen molar-refractivity contribution in [2.45, 2.75) is 50.0 Å². The molecule has 7 nitrogen and oxygen atoms in total. The van der Waals surface area contributed by atoms with Crippen LogP contribution in [0.3, 0.4) is 0 Å². The maximum absolute atomic E-state index is 13.5. The molecule has 2 N–H and O–H groups in total. The summed E-state index contributed by atoms with van der Waals surface area (Å²) in [6.45, 7) is 1.49. The van der Waals surface area contributed by atoms with Crippen LogP contribution in [0.1, 0.15) is 60.6 Å². The van der Waals surface area contributed by atoms with Crippen LogP contribution in [-0.2, 0) is 11.8 Å². The van der Waals surface area contributed by atoms with Crippen LogP contribution >= 0.6 is 11.6 Å². The van der Waals surface area contributed by atoms with Gasteiger partial charge < -0.3 is 19.9 Å². The van der Waals surface area contributed by atoms with Crippen molar-refractivity contribution < 1.29 is 19.1 Å². The minimum atomic E-state index is -1.14. The third-order valence-electron chi connectivity index (χ3n) is 7.58. The zero-order valence-corrected chi connectivity index (χ0v) is 20.3. The SMILES string of the molecule is Cn1cnc(C2CC3CC(O)(C#CC(=O)N4CCCC4)CC3C2)c1C(=O)Nc1ccc(F)c(Cl)c1. The van der Waals surface area contributed by atoms with E-state index in [0.29, 0.717) is 24.2 Å². The number of nitrogens with zero attached hydrogens (tertiary/aromatic N) is 3.